The largest absolute Gasteiger partial charge is 0.147 e. The first-order valence-electron chi connectivity index (χ1n) is 6.59. The molecule has 0 nitrogen and oxygen atoms in total. The Hall–Kier alpha value is -1.76. The summed E-state index contributed by atoms with van der Waals surface area (Å²) in [5.41, 5.74) is 3.69. The van der Waals surface area contributed by atoms with Gasteiger partial charge in [0.1, 0.15) is 0 Å². The van der Waals surface area contributed by atoms with Crippen molar-refractivity contribution < 1.29 is 0 Å². The minimum atomic E-state index is 0. The van der Waals surface area contributed by atoms with Gasteiger partial charge in [0.15, 0.2) is 0 Å². The van der Waals surface area contributed by atoms with Crippen LogP contribution >= 0.6 is 24.0 Å². The zero-order chi connectivity index (χ0) is 14.2. The molecule has 0 radical (unpaired) electrons. The normalized spacial score (nSPS) is 9.05. The summed E-state index contributed by atoms with van der Waals surface area (Å²) < 4.78 is 0. The second-order valence-electron chi connectivity index (χ2n) is 4.48. The molecule has 0 aromatic heterocycles. The van der Waals surface area contributed by atoms with E-state index in [4.69, 9.17) is 11.6 Å². The molecule has 2 heteroatoms. The second-order valence-corrected chi connectivity index (χ2v) is 4.89. The van der Waals surface area contributed by atoms with Crippen molar-refractivity contribution in [1.29, 1.82) is 0 Å². The fraction of sp³-hybridized carbons (Fsp3) is 0.0526. The Morgan fingerprint density at radius 3 is 1.29 bits per heavy atom. The highest BCUT2D eigenvalue weighted by atomic mass is 35.5. The van der Waals surface area contributed by atoms with Crippen molar-refractivity contribution in [3.63, 3.8) is 0 Å². The van der Waals surface area contributed by atoms with Crippen molar-refractivity contribution >= 4 is 24.0 Å². The van der Waals surface area contributed by atoms with Gasteiger partial charge in [-0.1, -0.05) is 90.5 Å². The average Bonchev–Trinajstić information content (AvgIpc) is 2.53. The highest BCUT2D eigenvalue weighted by Crippen LogP contribution is 2.17. The van der Waals surface area contributed by atoms with Gasteiger partial charge in [-0.2, -0.15) is 0 Å². The Bertz CT molecular complexity index is 575. The molecule has 3 aromatic rings. The van der Waals surface area contributed by atoms with Gasteiger partial charge in [-0.25, -0.2) is 0 Å². The first-order chi connectivity index (χ1) is 9.77. The Kier molecular flexibility index (Phi) is 7.60. The van der Waals surface area contributed by atoms with Gasteiger partial charge in [0.25, 0.3) is 0 Å². The van der Waals surface area contributed by atoms with Gasteiger partial charge >= 0.3 is 0 Å². The van der Waals surface area contributed by atoms with Gasteiger partial charge < -0.3 is 0 Å². The van der Waals surface area contributed by atoms with Gasteiger partial charge in [-0.15, -0.1) is 12.4 Å². The summed E-state index contributed by atoms with van der Waals surface area (Å²) in [5, 5.41) is 0.840. The van der Waals surface area contributed by atoms with Gasteiger partial charge in [0.2, 0.25) is 0 Å². The van der Waals surface area contributed by atoms with Crippen LogP contribution < -0.4 is 0 Å². The predicted octanol–water partition coefficient (Wildman–Crippen LogP) is 6.42. The van der Waals surface area contributed by atoms with E-state index < -0.39 is 0 Å². The highest BCUT2D eigenvalue weighted by Gasteiger charge is 1.91. The molecular formula is C19H18Cl2. The minimum Gasteiger partial charge on any atom is -0.147 e. The zero-order valence-corrected chi connectivity index (χ0v) is 13.4. The van der Waals surface area contributed by atoms with Crippen molar-refractivity contribution in [2.45, 2.75) is 6.92 Å². The lowest BCUT2D eigenvalue weighted by molar-refractivity contribution is 1.47. The van der Waals surface area contributed by atoms with E-state index in [0.717, 1.165) is 10.6 Å². The molecule has 0 amide bonds. The van der Waals surface area contributed by atoms with Crippen molar-refractivity contribution in [3.8, 4) is 11.1 Å². The first-order valence-corrected chi connectivity index (χ1v) is 6.97. The third-order valence-corrected chi connectivity index (χ3v) is 3.38. The number of halogens is 2. The van der Waals surface area contributed by atoms with E-state index in [2.05, 4.69) is 48.5 Å². The third-order valence-electron chi connectivity index (χ3n) is 2.96. The quantitative estimate of drug-likeness (QED) is 0.485. The lowest BCUT2D eigenvalue weighted by atomic mass is 10.1. The summed E-state index contributed by atoms with van der Waals surface area (Å²) in [6, 6.07) is 28.6. The average molecular weight is 317 g/mol. The maximum atomic E-state index is 5.71. The number of aryl methyl sites for hydroxylation is 1. The van der Waals surface area contributed by atoms with Crippen molar-refractivity contribution in [2.75, 3.05) is 0 Å². The van der Waals surface area contributed by atoms with Crippen LogP contribution in [0.2, 0.25) is 5.02 Å². The molecule has 3 rings (SSSR count). The van der Waals surface area contributed by atoms with Crippen LogP contribution in [0.15, 0.2) is 84.9 Å². The van der Waals surface area contributed by atoms with Crippen LogP contribution in [0.5, 0.6) is 0 Å². The summed E-state index contributed by atoms with van der Waals surface area (Å²) in [7, 11) is 0. The molecule has 3 aromatic carbocycles. The van der Waals surface area contributed by atoms with E-state index in [1.807, 2.05) is 43.3 Å². The third kappa shape index (κ3) is 5.63. The molecule has 0 heterocycles. The molecule has 0 saturated heterocycles. The molecule has 0 aliphatic rings. The van der Waals surface area contributed by atoms with Crippen LogP contribution in [0.4, 0.5) is 0 Å². The summed E-state index contributed by atoms with van der Waals surface area (Å²) in [6.45, 7) is 1.99. The number of hydrogen-bond donors (Lipinski definition) is 0. The lowest BCUT2D eigenvalue weighted by Crippen LogP contribution is -1.73. The van der Waals surface area contributed by atoms with Crippen molar-refractivity contribution in [2.24, 2.45) is 0 Å². The second kappa shape index (κ2) is 9.23. The van der Waals surface area contributed by atoms with Gasteiger partial charge in [-0.05, 0) is 29.7 Å². The topological polar surface area (TPSA) is 0 Å². The Morgan fingerprint density at radius 2 is 0.952 bits per heavy atom. The van der Waals surface area contributed by atoms with Crippen LogP contribution in [-0.4, -0.2) is 0 Å². The standard InChI is InChI=1S/C12H10.C7H7Cl.ClH/c1-3-7-11(8-4-1)12-9-5-2-6-10-12;1-6-4-2-3-5-7(6)8;/h1-10H;2-5H,1H3;1H. The molecule has 0 spiro atoms. The Morgan fingerprint density at radius 1 is 0.571 bits per heavy atom. The van der Waals surface area contributed by atoms with E-state index in [1.165, 1.54) is 11.1 Å². The Balaban J connectivity index is 0.000000216. The fourth-order valence-electron chi connectivity index (χ4n) is 1.81. The monoisotopic (exact) mass is 316 g/mol. The van der Waals surface area contributed by atoms with E-state index in [1.54, 1.807) is 0 Å². The number of hydrogen-bond acceptors (Lipinski definition) is 0. The van der Waals surface area contributed by atoms with Gasteiger partial charge in [-0.3, -0.25) is 0 Å². The van der Waals surface area contributed by atoms with E-state index >= 15 is 0 Å². The van der Waals surface area contributed by atoms with Gasteiger partial charge in [0, 0.05) is 5.02 Å². The summed E-state index contributed by atoms with van der Waals surface area (Å²) in [6.07, 6.45) is 0. The fourth-order valence-corrected chi connectivity index (χ4v) is 1.95. The van der Waals surface area contributed by atoms with Crippen LogP contribution in [0.3, 0.4) is 0 Å². The maximum Gasteiger partial charge on any atom is 0.0435 e. The molecule has 0 atom stereocenters. The number of rotatable bonds is 1. The summed E-state index contributed by atoms with van der Waals surface area (Å²) in [4.78, 5) is 0. The smallest absolute Gasteiger partial charge is 0.0435 e. The highest BCUT2D eigenvalue weighted by molar-refractivity contribution is 6.31. The molecule has 0 unspecified atom stereocenters. The molecule has 0 aliphatic heterocycles. The number of benzene rings is 3. The van der Waals surface area contributed by atoms with Gasteiger partial charge in [0.05, 0.1) is 0 Å². The summed E-state index contributed by atoms with van der Waals surface area (Å²) in [5.74, 6) is 0. The maximum absolute atomic E-state index is 5.71. The lowest BCUT2D eigenvalue weighted by Gasteiger charge is -1.98. The van der Waals surface area contributed by atoms with E-state index in [-0.39, 0.29) is 12.4 Å². The molecule has 0 fully saturated rings. The van der Waals surface area contributed by atoms with E-state index in [0.29, 0.717) is 0 Å². The molecule has 21 heavy (non-hydrogen) atoms. The summed E-state index contributed by atoms with van der Waals surface area (Å²) >= 11 is 5.71. The van der Waals surface area contributed by atoms with Crippen LogP contribution in [0.1, 0.15) is 5.56 Å². The van der Waals surface area contributed by atoms with Crippen molar-refractivity contribution in [1.82, 2.24) is 0 Å². The Labute approximate surface area is 137 Å². The van der Waals surface area contributed by atoms with Crippen molar-refractivity contribution in [3.05, 3.63) is 95.5 Å². The van der Waals surface area contributed by atoms with E-state index in [9.17, 15) is 0 Å². The molecular weight excluding hydrogens is 299 g/mol. The molecule has 0 N–H and O–H groups in total. The molecule has 0 saturated carbocycles. The zero-order valence-electron chi connectivity index (χ0n) is 11.9. The predicted molar refractivity (Wildman–Crippen MR) is 95.3 cm³/mol. The molecule has 0 bridgehead atoms. The molecule has 108 valence electrons. The van der Waals surface area contributed by atoms with Crippen LogP contribution in [-0.2, 0) is 0 Å². The first kappa shape index (κ1) is 17.3. The molecule has 0 aliphatic carbocycles. The van der Waals surface area contributed by atoms with Crippen LogP contribution in [0, 0.1) is 6.92 Å². The van der Waals surface area contributed by atoms with Crippen LogP contribution in [0.25, 0.3) is 11.1 Å². The minimum absolute atomic E-state index is 0. The SMILES string of the molecule is Cc1ccccc1Cl.Cl.c1ccc(-c2ccccc2)cc1.